The maximum atomic E-state index is 5.58. The van der Waals surface area contributed by atoms with Gasteiger partial charge in [-0.15, -0.1) is 0 Å². The molecule has 0 aliphatic heterocycles. The van der Waals surface area contributed by atoms with Crippen molar-refractivity contribution in [2.24, 2.45) is 11.8 Å². The first-order valence-electron chi connectivity index (χ1n) is 4.84. The summed E-state index contributed by atoms with van der Waals surface area (Å²) in [4.78, 5) is 0. The van der Waals surface area contributed by atoms with Gasteiger partial charge in [0.05, 0.1) is 12.7 Å². The summed E-state index contributed by atoms with van der Waals surface area (Å²) in [5.41, 5.74) is 0. The molecule has 0 heterocycles. The summed E-state index contributed by atoms with van der Waals surface area (Å²) in [6, 6.07) is 0. The lowest BCUT2D eigenvalue weighted by molar-refractivity contribution is 0.0397. The van der Waals surface area contributed by atoms with E-state index >= 15 is 0 Å². The van der Waals surface area contributed by atoms with Gasteiger partial charge < -0.3 is 10.1 Å². The molecule has 0 aromatic heterocycles. The van der Waals surface area contributed by atoms with Gasteiger partial charge in [-0.1, -0.05) is 13.8 Å². The molecule has 0 saturated heterocycles. The summed E-state index contributed by atoms with van der Waals surface area (Å²) >= 11 is 0. The third-order valence-corrected chi connectivity index (χ3v) is 2.05. The van der Waals surface area contributed by atoms with Gasteiger partial charge in [0, 0.05) is 6.54 Å². The zero-order valence-electron chi connectivity index (χ0n) is 9.05. The second-order valence-electron chi connectivity index (χ2n) is 3.94. The van der Waals surface area contributed by atoms with Gasteiger partial charge in [0.15, 0.2) is 0 Å². The van der Waals surface area contributed by atoms with E-state index in [0.29, 0.717) is 17.9 Å². The lowest BCUT2D eigenvalue weighted by Gasteiger charge is -2.21. The molecule has 12 heavy (non-hydrogen) atoms. The Balaban J connectivity index is 3.63. The van der Waals surface area contributed by atoms with Crippen LogP contribution in [-0.4, -0.2) is 26.3 Å². The Morgan fingerprint density at radius 2 is 1.75 bits per heavy atom. The third kappa shape index (κ3) is 5.56. The summed E-state index contributed by atoms with van der Waals surface area (Å²) < 4.78 is 5.58. The highest BCUT2D eigenvalue weighted by Gasteiger charge is 2.12. The SMILES string of the molecule is CNCC(COC(C)C)C(C)C. The van der Waals surface area contributed by atoms with Crippen molar-refractivity contribution in [1.29, 1.82) is 0 Å². The maximum absolute atomic E-state index is 5.58. The molecule has 0 bridgehead atoms. The Labute approximate surface area is 76.7 Å². The van der Waals surface area contributed by atoms with E-state index in [4.69, 9.17) is 4.74 Å². The second-order valence-corrected chi connectivity index (χ2v) is 3.94. The van der Waals surface area contributed by atoms with Crippen molar-refractivity contribution in [2.75, 3.05) is 20.2 Å². The molecule has 0 aromatic carbocycles. The van der Waals surface area contributed by atoms with Crippen molar-refractivity contribution < 1.29 is 4.74 Å². The maximum Gasteiger partial charge on any atom is 0.0519 e. The Morgan fingerprint density at radius 3 is 2.08 bits per heavy atom. The normalized spacial score (nSPS) is 14.2. The van der Waals surface area contributed by atoms with Crippen molar-refractivity contribution >= 4 is 0 Å². The van der Waals surface area contributed by atoms with Crippen molar-refractivity contribution in [1.82, 2.24) is 5.32 Å². The third-order valence-electron chi connectivity index (χ3n) is 2.05. The van der Waals surface area contributed by atoms with Crippen LogP contribution < -0.4 is 5.32 Å². The Bertz CT molecular complexity index is 102. The predicted molar refractivity (Wildman–Crippen MR) is 53.3 cm³/mol. The summed E-state index contributed by atoms with van der Waals surface area (Å²) in [6.07, 6.45) is 0.350. The van der Waals surface area contributed by atoms with Gasteiger partial charge in [-0.05, 0) is 32.7 Å². The van der Waals surface area contributed by atoms with Gasteiger partial charge in [-0.2, -0.15) is 0 Å². The minimum Gasteiger partial charge on any atom is -0.378 e. The van der Waals surface area contributed by atoms with Crippen LogP contribution in [0.2, 0.25) is 0 Å². The van der Waals surface area contributed by atoms with Crippen LogP contribution in [0.15, 0.2) is 0 Å². The molecule has 1 unspecified atom stereocenters. The van der Waals surface area contributed by atoms with Crippen LogP contribution >= 0.6 is 0 Å². The highest BCUT2D eigenvalue weighted by atomic mass is 16.5. The molecule has 0 radical (unpaired) electrons. The van der Waals surface area contributed by atoms with E-state index in [2.05, 4.69) is 33.0 Å². The van der Waals surface area contributed by atoms with Crippen LogP contribution in [0, 0.1) is 11.8 Å². The average Bonchev–Trinajstić information content (AvgIpc) is 1.96. The van der Waals surface area contributed by atoms with Gasteiger partial charge in [0.25, 0.3) is 0 Å². The van der Waals surface area contributed by atoms with Crippen molar-refractivity contribution in [3.8, 4) is 0 Å². The fraction of sp³-hybridized carbons (Fsp3) is 1.00. The Morgan fingerprint density at radius 1 is 1.17 bits per heavy atom. The predicted octanol–water partition coefficient (Wildman–Crippen LogP) is 1.90. The van der Waals surface area contributed by atoms with E-state index in [-0.39, 0.29) is 0 Å². The number of ether oxygens (including phenoxy) is 1. The second kappa shape index (κ2) is 6.44. The van der Waals surface area contributed by atoms with Crippen LogP contribution in [0.25, 0.3) is 0 Å². The molecule has 0 spiro atoms. The van der Waals surface area contributed by atoms with Crippen LogP contribution in [0.1, 0.15) is 27.7 Å². The highest BCUT2D eigenvalue weighted by molar-refractivity contribution is 4.64. The van der Waals surface area contributed by atoms with Crippen molar-refractivity contribution in [3.05, 3.63) is 0 Å². The van der Waals surface area contributed by atoms with Crippen LogP contribution in [0.5, 0.6) is 0 Å². The number of hydrogen-bond acceptors (Lipinski definition) is 2. The topological polar surface area (TPSA) is 21.3 Å². The van der Waals surface area contributed by atoms with E-state index in [1.54, 1.807) is 0 Å². The van der Waals surface area contributed by atoms with Gasteiger partial charge in [-0.3, -0.25) is 0 Å². The quantitative estimate of drug-likeness (QED) is 0.662. The first-order chi connectivity index (χ1) is 5.57. The van der Waals surface area contributed by atoms with Gasteiger partial charge in [0.1, 0.15) is 0 Å². The molecule has 0 aromatic rings. The molecule has 0 rings (SSSR count). The van der Waals surface area contributed by atoms with Crippen LogP contribution in [0.3, 0.4) is 0 Å². The van der Waals surface area contributed by atoms with Gasteiger partial charge in [-0.25, -0.2) is 0 Å². The fourth-order valence-electron chi connectivity index (χ4n) is 1.07. The Hall–Kier alpha value is -0.0800. The van der Waals surface area contributed by atoms with E-state index in [1.165, 1.54) is 0 Å². The van der Waals surface area contributed by atoms with E-state index < -0.39 is 0 Å². The van der Waals surface area contributed by atoms with E-state index in [0.717, 1.165) is 13.2 Å². The molecule has 0 fully saturated rings. The molecular weight excluding hydrogens is 150 g/mol. The summed E-state index contributed by atoms with van der Waals surface area (Å²) in [5.74, 6) is 1.33. The standard InChI is InChI=1S/C10H23NO/c1-8(2)10(6-11-5)7-12-9(3)4/h8-11H,6-7H2,1-5H3. The molecule has 1 atom stereocenters. The first-order valence-corrected chi connectivity index (χ1v) is 4.84. The largest absolute Gasteiger partial charge is 0.378 e. The molecule has 0 aliphatic carbocycles. The van der Waals surface area contributed by atoms with Crippen LogP contribution in [-0.2, 0) is 4.74 Å². The molecule has 1 N–H and O–H groups in total. The average molecular weight is 173 g/mol. The molecule has 0 amide bonds. The lowest BCUT2D eigenvalue weighted by Crippen LogP contribution is -2.28. The monoisotopic (exact) mass is 173 g/mol. The lowest BCUT2D eigenvalue weighted by atomic mass is 9.97. The molecule has 2 nitrogen and oxygen atoms in total. The molecule has 74 valence electrons. The molecule has 0 aliphatic rings. The van der Waals surface area contributed by atoms with Gasteiger partial charge in [0.2, 0.25) is 0 Å². The van der Waals surface area contributed by atoms with Crippen LogP contribution in [0.4, 0.5) is 0 Å². The Kier molecular flexibility index (Phi) is 6.39. The number of nitrogens with one attached hydrogen (secondary N) is 1. The van der Waals surface area contributed by atoms with Crippen molar-refractivity contribution in [2.45, 2.75) is 33.8 Å². The zero-order chi connectivity index (χ0) is 9.56. The number of hydrogen-bond donors (Lipinski definition) is 1. The molecular formula is C10H23NO. The molecule has 2 heteroatoms. The van der Waals surface area contributed by atoms with Gasteiger partial charge >= 0.3 is 0 Å². The summed E-state index contributed by atoms with van der Waals surface area (Å²) in [6.45, 7) is 10.6. The smallest absolute Gasteiger partial charge is 0.0519 e. The number of rotatable bonds is 6. The molecule has 0 saturated carbocycles. The van der Waals surface area contributed by atoms with Crippen molar-refractivity contribution in [3.63, 3.8) is 0 Å². The minimum absolute atomic E-state index is 0.350. The fourth-order valence-corrected chi connectivity index (χ4v) is 1.07. The van der Waals surface area contributed by atoms with E-state index in [9.17, 15) is 0 Å². The highest BCUT2D eigenvalue weighted by Crippen LogP contribution is 2.10. The minimum atomic E-state index is 0.350. The van der Waals surface area contributed by atoms with E-state index in [1.807, 2.05) is 7.05 Å². The summed E-state index contributed by atoms with van der Waals surface area (Å²) in [5, 5.41) is 3.19. The first kappa shape index (κ1) is 11.9. The summed E-state index contributed by atoms with van der Waals surface area (Å²) in [7, 11) is 1.99. The zero-order valence-corrected chi connectivity index (χ0v) is 9.05.